The third kappa shape index (κ3) is 3.10. The van der Waals surface area contributed by atoms with Gasteiger partial charge in [0.25, 0.3) is 0 Å². The Morgan fingerprint density at radius 1 is 1.23 bits per heavy atom. The molecule has 7 heteroatoms. The molecule has 2 heterocycles. The smallest absolute Gasteiger partial charge is 0.242 e. The van der Waals surface area contributed by atoms with Crippen molar-refractivity contribution in [3.05, 3.63) is 59.9 Å². The summed E-state index contributed by atoms with van der Waals surface area (Å²) in [6.07, 6.45) is 3.94. The van der Waals surface area contributed by atoms with Gasteiger partial charge in [-0.3, -0.25) is 9.78 Å². The Morgan fingerprint density at radius 3 is 2.82 bits per heavy atom. The second kappa shape index (κ2) is 6.17. The molecule has 3 N–H and O–H groups in total. The highest BCUT2D eigenvalue weighted by atomic mass is 19.2. The minimum absolute atomic E-state index is 0.0330. The minimum Gasteiger partial charge on any atom is -0.325 e. The number of halogens is 2. The average molecular weight is 304 g/mol. The van der Waals surface area contributed by atoms with Gasteiger partial charge in [0.2, 0.25) is 5.91 Å². The van der Waals surface area contributed by atoms with Crippen molar-refractivity contribution in [2.75, 3.05) is 5.32 Å². The number of carbonyl (C=O) groups is 1. The minimum atomic E-state index is -0.997. The molecular formula is C15H14F2N4O. The van der Waals surface area contributed by atoms with Crippen LogP contribution < -0.4 is 16.2 Å². The maximum atomic E-state index is 13.1. The lowest BCUT2D eigenvalue weighted by Gasteiger charge is -2.11. The van der Waals surface area contributed by atoms with Gasteiger partial charge in [-0.1, -0.05) is 6.07 Å². The predicted octanol–water partition coefficient (Wildman–Crippen LogP) is 1.91. The Bertz CT molecular complexity index is 680. The van der Waals surface area contributed by atoms with Crippen molar-refractivity contribution in [2.45, 2.75) is 18.5 Å². The SMILES string of the molecule is O=C(Nc1ccc(F)c(F)c1)C1CC(c2cccnc2)NN1. The molecule has 1 aliphatic rings. The fraction of sp³-hybridized carbons (Fsp3) is 0.200. The first-order chi connectivity index (χ1) is 10.6. The first-order valence-electron chi connectivity index (χ1n) is 6.80. The molecule has 22 heavy (non-hydrogen) atoms. The van der Waals surface area contributed by atoms with Crippen LogP contribution in [0.4, 0.5) is 14.5 Å². The number of benzene rings is 1. The molecular weight excluding hydrogens is 290 g/mol. The summed E-state index contributed by atoms with van der Waals surface area (Å²) in [5.41, 5.74) is 7.11. The average Bonchev–Trinajstić information content (AvgIpc) is 3.02. The summed E-state index contributed by atoms with van der Waals surface area (Å²) in [5.74, 6) is -2.26. The summed E-state index contributed by atoms with van der Waals surface area (Å²) in [5, 5.41) is 2.56. The number of aromatic nitrogens is 1. The summed E-state index contributed by atoms with van der Waals surface area (Å²) in [4.78, 5) is 16.2. The van der Waals surface area contributed by atoms with Crippen LogP contribution in [0.25, 0.3) is 0 Å². The number of amides is 1. The van der Waals surface area contributed by atoms with Crippen LogP contribution in [-0.2, 0) is 4.79 Å². The summed E-state index contributed by atoms with van der Waals surface area (Å²) in [7, 11) is 0. The molecule has 2 unspecified atom stereocenters. The third-order valence-electron chi connectivity index (χ3n) is 3.49. The van der Waals surface area contributed by atoms with E-state index in [1.54, 1.807) is 12.4 Å². The Balaban J connectivity index is 1.63. The van der Waals surface area contributed by atoms with Crippen LogP contribution in [0.15, 0.2) is 42.7 Å². The van der Waals surface area contributed by atoms with Gasteiger partial charge in [-0.05, 0) is 30.2 Å². The van der Waals surface area contributed by atoms with Crippen molar-refractivity contribution in [1.82, 2.24) is 15.8 Å². The van der Waals surface area contributed by atoms with Gasteiger partial charge in [0.05, 0.1) is 0 Å². The summed E-state index contributed by atoms with van der Waals surface area (Å²) < 4.78 is 26.0. The maximum absolute atomic E-state index is 13.1. The van der Waals surface area contributed by atoms with Crippen molar-refractivity contribution in [2.24, 2.45) is 0 Å². The molecule has 1 aromatic heterocycles. The van der Waals surface area contributed by atoms with E-state index in [-0.39, 0.29) is 17.6 Å². The molecule has 1 aromatic carbocycles. The van der Waals surface area contributed by atoms with Gasteiger partial charge in [-0.25, -0.2) is 19.6 Å². The monoisotopic (exact) mass is 304 g/mol. The van der Waals surface area contributed by atoms with E-state index in [0.717, 1.165) is 17.7 Å². The molecule has 0 spiro atoms. The number of hydrogen-bond acceptors (Lipinski definition) is 4. The standard InChI is InChI=1S/C15H14F2N4O/c16-11-4-3-10(6-12(11)17)19-15(22)14-7-13(20-21-14)9-2-1-5-18-8-9/h1-6,8,13-14,20-21H,7H2,(H,19,22). The van der Waals surface area contributed by atoms with Crippen molar-refractivity contribution in [1.29, 1.82) is 0 Å². The van der Waals surface area contributed by atoms with Crippen LogP contribution >= 0.6 is 0 Å². The summed E-state index contributed by atoms with van der Waals surface area (Å²) >= 11 is 0. The Hall–Kier alpha value is -2.38. The normalized spacial score (nSPS) is 20.8. The first kappa shape index (κ1) is 14.6. The second-order valence-electron chi connectivity index (χ2n) is 5.03. The molecule has 0 saturated carbocycles. The predicted molar refractivity (Wildman–Crippen MR) is 76.6 cm³/mol. The van der Waals surface area contributed by atoms with Crippen molar-refractivity contribution >= 4 is 11.6 Å². The molecule has 2 aromatic rings. The number of rotatable bonds is 3. The number of carbonyl (C=O) groups excluding carboxylic acids is 1. The largest absolute Gasteiger partial charge is 0.325 e. The number of pyridine rings is 1. The van der Waals surface area contributed by atoms with E-state index >= 15 is 0 Å². The summed E-state index contributed by atoms with van der Waals surface area (Å²) in [6.45, 7) is 0. The van der Waals surface area contributed by atoms with E-state index in [4.69, 9.17) is 0 Å². The maximum Gasteiger partial charge on any atom is 0.242 e. The molecule has 1 fully saturated rings. The lowest BCUT2D eigenvalue weighted by atomic mass is 10.0. The van der Waals surface area contributed by atoms with E-state index in [2.05, 4.69) is 21.2 Å². The highest BCUT2D eigenvalue weighted by molar-refractivity contribution is 5.95. The van der Waals surface area contributed by atoms with Gasteiger partial charge >= 0.3 is 0 Å². The highest BCUT2D eigenvalue weighted by Crippen LogP contribution is 2.22. The molecule has 0 aliphatic carbocycles. The van der Waals surface area contributed by atoms with E-state index in [9.17, 15) is 13.6 Å². The van der Waals surface area contributed by atoms with Crippen LogP contribution in [0.5, 0.6) is 0 Å². The van der Waals surface area contributed by atoms with Gasteiger partial charge in [0.15, 0.2) is 11.6 Å². The van der Waals surface area contributed by atoms with Crippen molar-refractivity contribution in [3.63, 3.8) is 0 Å². The van der Waals surface area contributed by atoms with E-state index in [0.29, 0.717) is 6.42 Å². The Morgan fingerprint density at radius 2 is 2.09 bits per heavy atom. The number of nitrogens with zero attached hydrogens (tertiary/aromatic N) is 1. The lowest BCUT2D eigenvalue weighted by Crippen LogP contribution is -2.39. The van der Waals surface area contributed by atoms with Gasteiger partial charge in [0, 0.05) is 30.2 Å². The topological polar surface area (TPSA) is 66.0 Å². The molecule has 1 saturated heterocycles. The van der Waals surface area contributed by atoms with Gasteiger partial charge in [-0.2, -0.15) is 0 Å². The van der Waals surface area contributed by atoms with Crippen LogP contribution in [-0.4, -0.2) is 16.9 Å². The zero-order valence-corrected chi connectivity index (χ0v) is 11.5. The number of anilines is 1. The number of hydrazine groups is 1. The van der Waals surface area contributed by atoms with Crippen molar-refractivity contribution in [3.8, 4) is 0 Å². The van der Waals surface area contributed by atoms with Gasteiger partial charge < -0.3 is 5.32 Å². The fourth-order valence-electron chi connectivity index (χ4n) is 2.33. The molecule has 2 atom stereocenters. The highest BCUT2D eigenvalue weighted by Gasteiger charge is 2.30. The molecule has 1 aliphatic heterocycles. The van der Waals surface area contributed by atoms with Crippen LogP contribution in [0.3, 0.4) is 0 Å². The second-order valence-corrected chi connectivity index (χ2v) is 5.03. The van der Waals surface area contributed by atoms with Crippen molar-refractivity contribution < 1.29 is 13.6 Å². The van der Waals surface area contributed by atoms with Crippen LogP contribution in [0.1, 0.15) is 18.0 Å². The zero-order valence-electron chi connectivity index (χ0n) is 11.5. The fourth-order valence-corrected chi connectivity index (χ4v) is 2.33. The lowest BCUT2D eigenvalue weighted by molar-refractivity contribution is -0.117. The van der Waals surface area contributed by atoms with Crippen LogP contribution in [0.2, 0.25) is 0 Å². The number of nitrogens with one attached hydrogen (secondary N) is 3. The van der Waals surface area contributed by atoms with E-state index in [1.165, 1.54) is 6.07 Å². The molecule has 0 radical (unpaired) electrons. The van der Waals surface area contributed by atoms with Gasteiger partial charge in [-0.15, -0.1) is 0 Å². The molecule has 0 bridgehead atoms. The van der Waals surface area contributed by atoms with Gasteiger partial charge in [0.1, 0.15) is 6.04 Å². The quantitative estimate of drug-likeness (QED) is 0.810. The molecule has 3 rings (SSSR count). The number of hydrogen-bond donors (Lipinski definition) is 3. The molecule has 5 nitrogen and oxygen atoms in total. The van der Waals surface area contributed by atoms with E-state index in [1.807, 2.05) is 12.1 Å². The van der Waals surface area contributed by atoms with Crippen LogP contribution in [0, 0.1) is 11.6 Å². The summed E-state index contributed by atoms with van der Waals surface area (Å²) in [6, 6.07) is 6.48. The Kier molecular flexibility index (Phi) is 4.08. The van der Waals surface area contributed by atoms with E-state index < -0.39 is 17.7 Å². The molecule has 1 amide bonds. The first-order valence-corrected chi connectivity index (χ1v) is 6.80. The third-order valence-corrected chi connectivity index (χ3v) is 3.49. The Labute approximate surface area is 125 Å². The molecule has 114 valence electrons. The zero-order chi connectivity index (χ0) is 15.5.